The molecule has 1 aromatic heterocycles. The Morgan fingerprint density at radius 1 is 1.07 bits per heavy atom. The molecule has 0 unspecified atom stereocenters. The summed E-state index contributed by atoms with van der Waals surface area (Å²) in [7, 11) is 1.71. The molecule has 2 heterocycles. The van der Waals surface area contributed by atoms with E-state index >= 15 is 0 Å². The van der Waals surface area contributed by atoms with Crippen LogP contribution in [0.25, 0.3) is 0 Å². The predicted molar refractivity (Wildman–Crippen MR) is 108 cm³/mol. The van der Waals surface area contributed by atoms with Crippen LogP contribution in [0.2, 0.25) is 0 Å². The first-order chi connectivity index (χ1) is 13.8. The monoisotopic (exact) mass is 384 g/mol. The first-order valence-electron chi connectivity index (χ1n) is 10.6. The summed E-state index contributed by atoms with van der Waals surface area (Å²) in [5.74, 6) is 0.912. The lowest BCUT2D eigenvalue weighted by atomic mass is 10.0. The van der Waals surface area contributed by atoms with E-state index < -0.39 is 0 Å². The molecule has 4 rings (SSSR count). The van der Waals surface area contributed by atoms with Crippen molar-refractivity contribution in [1.82, 2.24) is 30.0 Å². The van der Waals surface area contributed by atoms with E-state index in [1.54, 1.807) is 7.11 Å². The Morgan fingerprint density at radius 3 is 2.46 bits per heavy atom. The fraction of sp³-hybridized carbons (Fsp3) is 0.667. The minimum absolute atomic E-state index is 0.0817. The zero-order chi connectivity index (χ0) is 19.3. The molecule has 2 fully saturated rings. The summed E-state index contributed by atoms with van der Waals surface area (Å²) in [6.45, 7) is 7.76. The molecule has 0 radical (unpaired) electrons. The first-order valence-corrected chi connectivity index (χ1v) is 10.6. The molecule has 0 N–H and O–H groups in total. The van der Waals surface area contributed by atoms with Gasteiger partial charge in [0.25, 0.3) is 0 Å². The van der Waals surface area contributed by atoms with Crippen LogP contribution in [0.1, 0.15) is 48.7 Å². The highest BCUT2D eigenvalue weighted by Gasteiger charge is 2.32. The lowest BCUT2D eigenvalue weighted by Crippen LogP contribution is -2.51. The Hall–Kier alpha value is -1.83. The van der Waals surface area contributed by atoms with Gasteiger partial charge >= 0.3 is 0 Å². The number of methoxy groups -OCH3 is 1. The second kappa shape index (κ2) is 9.11. The van der Waals surface area contributed by atoms with Gasteiger partial charge in [-0.15, -0.1) is 5.10 Å². The van der Waals surface area contributed by atoms with Crippen molar-refractivity contribution < 1.29 is 4.74 Å². The van der Waals surface area contributed by atoms with Crippen molar-refractivity contribution in [3.63, 3.8) is 0 Å². The van der Waals surface area contributed by atoms with Crippen molar-refractivity contribution in [2.45, 2.75) is 51.2 Å². The maximum absolute atomic E-state index is 5.25. The van der Waals surface area contributed by atoms with Crippen LogP contribution >= 0.6 is 0 Å². The number of aryl methyl sites for hydroxylation is 1. The maximum Gasteiger partial charge on any atom is 0.173 e. The van der Waals surface area contributed by atoms with E-state index in [-0.39, 0.29) is 6.04 Å². The molecule has 0 spiro atoms. The normalized spacial score (nSPS) is 20.6. The van der Waals surface area contributed by atoms with Crippen molar-refractivity contribution in [2.75, 3.05) is 39.9 Å². The summed E-state index contributed by atoms with van der Waals surface area (Å²) in [4.78, 5) is 5.24. The second-order valence-corrected chi connectivity index (χ2v) is 8.08. The number of aromatic nitrogens is 4. The van der Waals surface area contributed by atoms with Crippen LogP contribution in [0.4, 0.5) is 0 Å². The molecule has 28 heavy (non-hydrogen) atoms. The van der Waals surface area contributed by atoms with Crippen molar-refractivity contribution in [3.05, 3.63) is 41.2 Å². The van der Waals surface area contributed by atoms with E-state index in [1.807, 2.05) is 4.68 Å². The van der Waals surface area contributed by atoms with E-state index in [4.69, 9.17) is 4.74 Å². The summed E-state index contributed by atoms with van der Waals surface area (Å²) >= 11 is 0. The molecule has 0 bridgehead atoms. The van der Waals surface area contributed by atoms with Crippen LogP contribution in [0.3, 0.4) is 0 Å². The lowest BCUT2D eigenvalue weighted by Gasteiger charge is -2.41. The van der Waals surface area contributed by atoms with Gasteiger partial charge in [0, 0.05) is 39.3 Å². The van der Waals surface area contributed by atoms with Crippen molar-refractivity contribution in [2.24, 2.45) is 0 Å². The largest absolute Gasteiger partial charge is 0.383 e. The van der Waals surface area contributed by atoms with Gasteiger partial charge in [0.1, 0.15) is 0 Å². The Kier molecular flexibility index (Phi) is 6.34. The molecule has 1 saturated heterocycles. The standard InChI is InChI=1S/C21H32N6O/c1-17-7-9-18(10-8-17)20(21-22-23-24-27(21)15-16-28-2)26-13-11-25(12-14-26)19-5-3-4-6-19/h7-10,19-20H,3-6,11-16H2,1-2H3/t20-/m1/s1. The molecule has 1 aliphatic carbocycles. The number of tetrazole rings is 1. The number of nitrogens with zero attached hydrogens (tertiary/aromatic N) is 6. The predicted octanol–water partition coefficient (Wildman–Crippen LogP) is 2.28. The molecule has 0 amide bonds. The summed E-state index contributed by atoms with van der Waals surface area (Å²) in [6, 6.07) is 9.68. The van der Waals surface area contributed by atoms with Crippen LogP contribution < -0.4 is 0 Å². The molecular formula is C21H32N6O. The maximum atomic E-state index is 5.25. The summed E-state index contributed by atoms with van der Waals surface area (Å²) < 4.78 is 7.15. The van der Waals surface area contributed by atoms with Gasteiger partial charge in [-0.05, 0) is 35.8 Å². The molecule has 2 aromatic rings. The zero-order valence-electron chi connectivity index (χ0n) is 17.1. The summed E-state index contributed by atoms with van der Waals surface area (Å²) in [5.41, 5.74) is 2.53. The van der Waals surface area contributed by atoms with E-state index in [2.05, 4.69) is 56.5 Å². The van der Waals surface area contributed by atoms with Crippen LogP contribution in [0.5, 0.6) is 0 Å². The Morgan fingerprint density at radius 2 is 1.79 bits per heavy atom. The molecule has 1 atom stereocenters. The molecule has 1 saturated carbocycles. The van der Waals surface area contributed by atoms with Gasteiger partial charge in [0.05, 0.1) is 19.2 Å². The van der Waals surface area contributed by atoms with Gasteiger partial charge in [0.15, 0.2) is 5.82 Å². The molecule has 7 nitrogen and oxygen atoms in total. The Balaban J connectivity index is 1.55. The molecule has 2 aliphatic rings. The third-order valence-electron chi connectivity index (χ3n) is 6.26. The highest BCUT2D eigenvalue weighted by molar-refractivity contribution is 5.28. The van der Waals surface area contributed by atoms with E-state index in [0.29, 0.717) is 13.2 Å². The lowest BCUT2D eigenvalue weighted by molar-refractivity contribution is 0.0763. The molecule has 1 aromatic carbocycles. The van der Waals surface area contributed by atoms with E-state index in [9.17, 15) is 0 Å². The molecule has 1 aliphatic heterocycles. The van der Waals surface area contributed by atoms with Gasteiger partial charge in [-0.2, -0.15) is 0 Å². The highest BCUT2D eigenvalue weighted by Crippen LogP contribution is 2.30. The SMILES string of the molecule is COCCn1nnnc1[C@@H](c1ccc(C)cc1)N1CCN(C2CCCC2)CC1. The van der Waals surface area contributed by atoms with Crippen LogP contribution in [-0.2, 0) is 11.3 Å². The topological polar surface area (TPSA) is 59.3 Å². The summed E-state index contributed by atoms with van der Waals surface area (Å²) in [6.07, 6.45) is 5.53. The third-order valence-corrected chi connectivity index (χ3v) is 6.26. The molecule has 7 heteroatoms. The van der Waals surface area contributed by atoms with Gasteiger partial charge < -0.3 is 4.74 Å². The van der Waals surface area contributed by atoms with Crippen LogP contribution in [0, 0.1) is 6.92 Å². The Bertz CT molecular complexity index is 732. The quantitative estimate of drug-likeness (QED) is 0.730. The van der Waals surface area contributed by atoms with Crippen LogP contribution in [-0.4, -0.2) is 75.9 Å². The fourth-order valence-corrected chi connectivity index (χ4v) is 4.65. The minimum Gasteiger partial charge on any atom is -0.383 e. The van der Waals surface area contributed by atoms with Gasteiger partial charge in [-0.1, -0.05) is 42.7 Å². The van der Waals surface area contributed by atoms with Gasteiger partial charge in [-0.3, -0.25) is 9.80 Å². The van der Waals surface area contributed by atoms with Gasteiger partial charge in [0.2, 0.25) is 0 Å². The zero-order valence-corrected chi connectivity index (χ0v) is 17.1. The number of benzene rings is 1. The van der Waals surface area contributed by atoms with E-state index in [0.717, 1.165) is 38.0 Å². The Labute approximate surface area is 167 Å². The number of piperazine rings is 1. The number of hydrogen-bond acceptors (Lipinski definition) is 6. The van der Waals surface area contributed by atoms with E-state index in [1.165, 1.54) is 36.8 Å². The van der Waals surface area contributed by atoms with Crippen molar-refractivity contribution in [3.8, 4) is 0 Å². The second-order valence-electron chi connectivity index (χ2n) is 8.08. The number of hydrogen-bond donors (Lipinski definition) is 0. The first kappa shape index (κ1) is 19.5. The fourth-order valence-electron chi connectivity index (χ4n) is 4.65. The average Bonchev–Trinajstić information content (AvgIpc) is 3.41. The summed E-state index contributed by atoms with van der Waals surface area (Å²) in [5, 5.41) is 12.6. The van der Waals surface area contributed by atoms with Crippen molar-refractivity contribution >= 4 is 0 Å². The smallest absolute Gasteiger partial charge is 0.173 e. The molecular weight excluding hydrogens is 352 g/mol. The van der Waals surface area contributed by atoms with Crippen molar-refractivity contribution in [1.29, 1.82) is 0 Å². The van der Waals surface area contributed by atoms with Gasteiger partial charge in [-0.25, -0.2) is 4.68 Å². The highest BCUT2D eigenvalue weighted by atomic mass is 16.5. The van der Waals surface area contributed by atoms with Crippen LogP contribution in [0.15, 0.2) is 24.3 Å². The number of ether oxygens (including phenoxy) is 1. The average molecular weight is 385 g/mol. The minimum atomic E-state index is 0.0817. The molecule has 152 valence electrons. The number of rotatable bonds is 7. The third kappa shape index (κ3) is 4.26.